The summed E-state index contributed by atoms with van der Waals surface area (Å²) in [6.45, 7) is 12.4. The second kappa shape index (κ2) is 8.97. The van der Waals surface area contributed by atoms with Crippen molar-refractivity contribution in [2.45, 2.75) is 45.0 Å². The highest BCUT2D eigenvalue weighted by Gasteiger charge is 2.44. The van der Waals surface area contributed by atoms with Gasteiger partial charge in [0, 0.05) is 7.11 Å². The van der Waals surface area contributed by atoms with Gasteiger partial charge < -0.3 is 14.3 Å². The van der Waals surface area contributed by atoms with Gasteiger partial charge in [-0.25, -0.2) is 11.4 Å². The van der Waals surface area contributed by atoms with Gasteiger partial charge in [-0.15, -0.1) is 0 Å². The maximum absolute atomic E-state index is 13.4. The van der Waals surface area contributed by atoms with Crippen molar-refractivity contribution in [3.63, 3.8) is 0 Å². The van der Waals surface area contributed by atoms with E-state index in [1.54, 1.807) is 20.8 Å². The van der Waals surface area contributed by atoms with Crippen LogP contribution in [0.15, 0.2) is 34.5 Å². The maximum Gasteiger partial charge on any atom is 0.417 e. The van der Waals surface area contributed by atoms with E-state index in [0.717, 1.165) is 12.1 Å². The van der Waals surface area contributed by atoms with E-state index in [9.17, 15) is 18.0 Å². The van der Waals surface area contributed by atoms with Gasteiger partial charge in [0.15, 0.2) is 0 Å². The summed E-state index contributed by atoms with van der Waals surface area (Å²) in [7, 11) is 1.41. The standard InChI is InChI=1S/C20H20ClF3N2O3/c1-10(2)29-19(27)17-15(9-28-5)26-11(3)18(25-4)16(17)12-6-7-14(21)13(8-12)20(22,23)24/h6-8,10,16,18H,9H2,1-3,5H3. The monoisotopic (exact) mass is 428 g/mol. The zero-order valence-corrected chi connectivity index (χ0v) is 17.1. The minimum Gasteiger partial charge on any atom is -0.460 e. The van der Waals surface area contributed by atoms with Gasteiger partial charge in [-0.05, 0) is 38.5 Å². The number of benzene rings is 1. The predicted octanol–water partition coefficient (Wildman–Crippen LogP) is 5.06. The van der Waals surface area contributed by atoms with Crippen molar-refractivity contribution in [1.82, 2.24) is 0 Å². The van der Waals surface area contributed by atoms with Gasteiger partial charge in [-0.1, -0.05) is 17.7 Å². The van der Waals surface area contributed by atoms with E-state index < -0.39 is 40.8 Å². The highest BCUT2D eigenvalue weighted by atomic mass is 35.5. The molecule has 2 rings (SSSR count). The number of aliphatic imine (C=N–C) groups is 1. The molecule has 0 saturated heterocycles. The average molecular weight is 429 g/mol. The number of methoxy groups -OCH3 is 1. The highest BCUT2D eigenvalue weighted by Crippen LogP contribution is 2.42. The fraction of sp³-hybridized carbons (Fsp3) is 0.450. The first kappa shape index (κ1) is 22.9. The lowest BCUT2D eigenvalue weighted by atomic mass is 9.79. The minimum atomic E-state index is -4.68. The fourth-order valence-electron chi connectivity index (χ4n) is 3.16. The first-order chi connectivity index (χ1) is 13.5. The molecule has 1 heterocycles. The molecule has 1 aliphatic heterocycles. The van der Waals surface area contributed by atoms with Crippen molar-refractivity contribution in [3.8, 4) is 0 Å². The molecule has 1 aromatic rings. The van der Waals surface area contributed by atoms with E-state index in [-0.39, 0.29) is 23.4 Å². The summed E-state index contributed by atoms with van der Waals surface area (Å²) in [5.74, 6) is -1.75. The number of hydrogen-bond donors (Lipinski definition) is 0. The zero-order valence-electron chi connectivity index (χ0n) is 16.3. The molecule has 1 aromatic carbocycles. The molecule has 0 amide bonds. The molecule has 156 valence electrons. The van der Waals surface area contributed by atoms with Crippen LogP contribution in [-0.4, -0.2) is 37.5 Å². The van der Waals surface area contributed by atoms with Crippen molar-refractivity contribution >= 4 is 23.3 Å². The molecule has 0 aliphatic carbocycles. The van der Waals surface area contributed by atoms with Crippen molar-refractivity contribution in [3.05, 3.63) is 57.0 Å². The molecule has 9 heteroatoms. The highest BCUT2D eigenvalue weighted by molar-refractivity contribution is 6.31. The Labute approximate surface area is 172 Å². The van der Waals surface area contributed by atoms with Crippen LogP contribution in [0, 0.1) is 6.57 Å². The van der Waals surface area contributed by atoms with Gasteiger partial charge in [0.05, 0.1) is 46.2 Å². The molecule has 0 radical (unpaired) electrons. The van der Waals surface area contributed by atoms with Crippen LogP contribution in [0.2, 0.25) is 5.02 Å². The van der Waals surface area contributed by atoms with Crippen LogP contribution in [0.3, 0.4) is 0 Å². The van der Waals surface area contributed by atoms with Gasteiger partial charge in [0.2, 0.25) is 0 Å². The predicted molar refractivity (Wildman–Crippen MR) is 103 cm³/mol. The van der Waals surface area contributed by atoms with Crippen LogP contribution in [0.1, 0.15) is 37.8 Å². The number of hydrogen-bond acceptors (Lipinski definition) is 4. The number of alkyl halides is 3. The van der Waals surface area contributed by atoms with Crippen LogP contribution < -0.4 is 0 Å². The molecule has 1 aliphatic rings. The molecule has 0 bridgehead atoms. The normalized spacial score (nSPS) is 19.8. The number of esters is 1. The number of ether oxygens (including phenoxy) is 2. The molecule has 0 aromatic heterocycles. The molecule has 2 atom stereocenters. The van der Waals surface area contributed by atoms with Crippen LogP contribution >= 0.6 is 11.6 Å². The summed E-state index contributed by atoms with van der Waals surface area (Å²) in [5.41, 5.74) is -0.292. The Morgan fingerprint density at radius 3 is 2.55 bits per heavy atom. The molecular weight excluding hydrogens is 409 g/mol. The van der Waals surface area contributed by atoms with E-state index in [0.29, 0.717) is 5.71 Å². The molecule has 5 nitrogen and oxygen atoms in total. The Morgan fingerprint density at radius 2 is 2.03 bits per heavy atom. The third-order valence-corrected chi connectivity index (χ3v) is 4.64. The van der Waals surface area contributed by atoms with Crippen LogP contribution in [0.5, 0.6) is 0 Å². The van der Waals surface area contributed by atoms with E-state index in [1.807, 2.05) is 0 Å². The first-order valence-corrected chi connectivity index (χ1v) is 9.10. The molecule has 2 unspecified atom stereocenters. The Morgan fingerprint density at radius 1 is 1.38 bits per heavy atom. The molecule has 0 N–H and O–H groups in total. The number of rotatable bonds is 5. The third kappa shape index (κ3) is 4.98. The largest absolute Gasteiger partial charge is 0.460 e. The summed E-state index contributed by atoms with van der Waals surface area (Å²) in [4.78, 5) is 20.7. The SMILES string of the molecule is [C-]#[N+]C1C(C)=NC(COC)=C(C(=O)OC(C)C)C1c1ccc(Cl)c(C(F)(F)F)c1. The Balaban J connectivity index is 2.74. The summed E-state index contributed by atoms with van der Waals surface area (Å²) in [6.07, 6.45) is -5.15. The van der Waals surface area contributed by atoms with E-state index in [2.05, 4.69) is 9.84 Å². The molecule has 0 spiro atoms. The van der Waals surface area contributed by atoms with Crippen LogP contribution in [0.25, 0.3) is 4.85 Å². The van der Waals surface area contributed by atoms with E-state index in [1.165, 1.54) is 13.2 Å². The second-order valence-corrected chi connectivity index (χ2v) is 7.20. The number of halogens is 4. The average Bonchev–Trinajstić information content (AvgIpc) is 2.60. The number of nitrogens with zero attached hydrogens (tertiary/aromatic N) is 2. The van der Waals surface area contributed by atoms with Crippen molar-refractivity contribution < 1.29 is 27.4 Å². The summed E-state index contributed by atoms with van der Waals surface area (Å²) in [6, 6.07) is 2.40. The van der Waals surface area contributed by atoms with Crippen LogP contribution in [0.4, 0.5) is 13.2 Å². The third-order valence-electron chi connectivity index (χ3n) is 4.31. The zero-order chi connectivity index (χ0) is 21.9. The summed E-state index contributed by atoms with van der Waals surface area (Å²) < 4.78 is 50.6. The van der Waals surface area contributed by atoms with Crippen molar-refractivity contribution in [1.29, 1.82) is 0 Å². The van der Waals surface area contributed by atoms with E-state index >= 15 is 0 Å². The van der Waals surface area contributed by atoms with Gasteiger partial charge in [-0.2, -0.15) is 13.2 Å². The summed E-state index contributed by atoms with van der Waals surface area (Å²) >= 11 is 5.74. The Hall–Kier alpha value is -2.37. The first-order valence-electron chi connectivity index (χ1n) is 8.72. The molecule has 0 saturated carbocycles. The van der Waals surface area contributed by atoms with Gasteiger partial charge >= 0.3 is 12.1 Å². The summed E-state index contributed by atoms with van der Waals surface area (Å²) in [5, 5.41) is -0.464. The van der Waals surface area contributed by atoms with Crippen molar-refractivity contribution in [2.75, 3.05) is 13.7 Å². The second-order valence-electron chi connectivity index (χ2n) is 6.79. The number of carbonyl (C=O) groups excluding carboxylic acids is 1. The maximum atomic E-state index is 13.4. The number of carbonyl (C=O) groups is 1. The van der Waals surface area contributed by atoms with Gasteiger partial charge in [-0.3, -0.25) is 4.99 Å². The Bertz CT molecular complexity index is 901. The smallest absolute Gasteiger partial charge is 0.417 e. The molecular formula is C20H20ClF3N2O3. The molecule has 0 fully saturated rings. The van der Waals surface area contributed by atoms with Crippen molar-refractivity contribution in [2.24, 2.45) is 4.99 Å². The van der Waals surface area contributed by atoms with Gasteiger partial charge in [0.25, 0.3) is 6.04 Å². The lowest BCUT2D eigenvalue weighted by Gasteiger charge is -2.28. The topological polar surface area (TPSA) is 52.2 Å². The van der Waals surface area contributed by atoms with E-state index in [4.69, 9.17) is 27.6 Å². The fourth-order valence-corrected chi connectivity index (χ4v) is 3.38. The quantitative estimate of drug-likeness (QED) is 0.486. The lowest BCUT2D eigenvalue weighted by Crippen LogP contribution is -2.34. The van der Waals surface area contributed by atoms with Gasteiger partial charge in [0.1, 0.15) is 0 Å². The lowest BCUT2D eigenvalue weighted by molar-refractivity contribution is -0.143. The minimum absolute atomic E-state index is 0.0163. The Kier molecular flexibility index (Phi) is 7.09. The molecule has 29 heavy (non-hydrogen) atoms. The van der Waals surface area contributed by atoms with Crippen LogP contribution in [-0.2, 0) is 20.4 Å².